The van der Waals surface area contributed by atoms with Crippen LogP contribution in [0.3, 0.4) is 0 Å². The summed E-state index contributed by atoms with van der Waals surface area (Å²) in [7, 11) is 0. The summed E-state index contributed by atoms with van der Waals surface area (Å²) in [5, 5.41) is 0.740. The summed E-state index contributed by atoms with van der Waals surface area (Å²) in [4.78, 5) is 16.3. The van der Waals surface area contributed by atoms with Crippen molar-refractivity contribution in [2.75, 3.05) is 11.5 Å². The highest BCUT2D eigenvalue weighted by Crippen LogP contribution is 2.28. The maximum Gasteiger partial charge on any atom is 0.186 e. The fraction of sp³-hybridized carbons (Fsp3) is 0.200. The van der Waals surface area contributed by atoms with Crippen molar-refractivity contribution in [1.82, 2.24) is 4.98 Å². The summed E-state index contributed by atoms with van der Waals surface area (Å²) in [6.45, 7) is 3.60. The highest BCUT2D eigenvalue weighted by Gasteiger charge is 2.07. The van der Waals surface area contributed by atoms with Crippen LogP contribution in [0, 0.1) is 6.92 Å². The predicted molar refractivity (Wildman–Crippen MR) is 88.9 cm³/mol. The third-order valence-electron chi connectivity index (χ3n) is 2.69. The Bertz CT molecular complexity index is 630. The van der Waals surface area contributed by atoms with Gasteiger partial charge >= 0.3 is 0 Å². The quantitative estimate of drug-likeness (QED) is 0.927. The number of nitrogens with zero attached hydrogens (tertiary/aromatic N) is 1. The van der Waals surface area contributed by atoms with Gasteiger partial charge in [-0.05, 0) is 12.5 Å². The Kier molecular flexibility index (Phi) is 4.98. The first kappa shape index (κ1) is 14.8. The molecule has 1 aromatic carbocycles. The van der Waals surface area contributed by atoms with E-state index < -0.39 is 0 Å². The highest BCUT2D eigenvalue weighted by atomic mass is 32.2. The van der Waals surface area contributed by atoms with Gasteiger partial charge in [-0.25, -0.2) is 4.98 Å². The monoisotopic (exact) mass is 304 g/mol. The third-order valence-corrected chi connectivity index (χ3v) is 4.26. The lowest BCUT2D eigenvalue weighted by atomic mass is 10.1. The Morgan fingerprint density at radius 2 is 2.10 bits per heavy atom. The average Bonchev–Trinajstić information content (AvgIpc) is 2.74. The van der Waals surface area contributed by atoms with E-state index >= 15 is 0 Å². The van der Waals surface area contributed by atoms with E-state index in [-0.39, 0.29) is 5.12 Å². The summed E-state index contributed by atoms with van der Waals surface area (Å²) in [5.74, 6) is 0.707. The van der Waals surface area contributed by atoms with E-state index in [0.717, 1.165) is 21.7 Å². The van der Waals surface area contributed by atoms with Gasteiger partial charge in [0.05, 0.1) is 5.69 Å². The van der Waals surface area contributed by atoms with Crippen molar-refractivity contribution < 1.29 is 4.79 Å². The van der Waals surface area contributed by atoms with Crippen molar-refractivity contribution in [3.63, 3.8) is 0 Å². The van der Waals surface area contributed by atoms with Crippen molar-refractivity contribution in [2.24, 2.45) is 0 Å². The number of aromatic nitrogens is 1. The number of thiazole rings is 1. The fourth-order valence-corrected chi connectivity index (χ4v) is 2.92. The van der Waals surface area contributed by atoms with Gasteiger partial charge in [-0.15, -0.1) is 11.3 Å². The van der Waals surface area contributed by atoms with Crippen molar-refractivity contribution >= 4 is 39.4 Å². The topological polar surface area (TPSA) is 56.0 Å². The minimum absolute atomic E-state index is 0.140. The lowest BCUT2D eigenvalue weighted by Gasteiger charge is -2.00. The van der Waals surface area contributed by atoms with Gasteiger partial charge < -0.3 is 5.73 Å². The number of rotatable bonds is 4. The molecule has 0 saturated carbocycles. The number of thioether (sulfide) groups is 1. The average molecular weight is 304 g/mol. The maximum atomic E-state index is 10.8. The van der Waals surface area contributed by atoms with Crippen LogP contribution in [0.15, 0.2) is 30.3 Å². The number of benzene rings is 1. The van der Waals surface area contributed by atoms with Gasteiger partial charge in [-0.1, -0.05) is 48.2 Å². The van der Waals surface area contributed by atoms with E-state index in [1.807, 2.05) is 43.3 Å². The molecule has 2 rings (SSSR count). The van der Waals surface area contributed by atoms with E-state index in [2.05, 4.69) is 4.98 Å². The molecule has 0 aliphatic heterocycles. The van der Waals surface area contributed by atoms with Gasteiger partial charge in [0.25, 0.3) is 0 Å². The first-order valence-electron chi connectivity index (χ1n) is 6.19. The predicted octanol–water partition coefficient (Wildman–Crippen LogP) is 3.99. The molecular formula is C15H16N2OS2. The van der Waals surface area contributed by atoms with Crippen molar-refractivity contribution in [2.45, 2.75) is 13.8 Å². The van der Waals surface area contributed by atoms with Gasteiger partial charge in [0.2, 0.25) is 0 Å². The Labute approximate surface area is 126 Å². The first-order chi connectivity index (χ1) is 9.56. The summed E-state index contributed by atoms with van der Waals surface area (Å²) >= 11 is 2.81. The van der Waals surface area contributed by atoms with Gasteiger partial charge in [0.1, 0.15) is 0 Å². The standard InChI is InChI=1S/C15H16N2OS2/c1-10-14(17-15(16)20-10)13-7-5-12(6-8-13)4-3-9-19-11(2)18/h3-8H,9H2,1-2H3,(H2,16,17). The van der Waals surface area contributed by atoms with Gasteiger partial charge in [-0.2, -0.15) is 0 Å². The van der Waals surface area contributed by atoms with E-state index in [0.29, 0.717) is 10.9 Å². The van der Waals surface area contributed by atoms with Crippen LogP contribution in [0.2, 0.25) is 0 Å². The number of carbonyl (C=O) groups is 1. The molecule has 0 unspecified atom stereocenters. The second-order valence-corrected chi connectivity index (χ2v) is 6.72. The van der Waals surface area contributed by atoms with Crippen LogP contribution in [0.4, 0.5) is 5.13 Å². The molecule has 2 aromatic rings. The van der Waals surface area contributed by atoms with Crippen LogP contribution >= 0.6 is 23.1 Å². The zero-order valence-electron chi connectivity index (χ0n) is 11.4. The van der Waals surface area contributed by atoms with E-state index in [9.17, 15) is 4.79 Å². The Hall–Kier alpha value is -1.59. The number of hydrogen-bond acceptors (Lipinski definition) is 5. The molecule has 0 bridgehead atoms. The Morgan fingerprint density at radius 1 is 1.40 bits per heavy atom. The molecule has 0 radical (unpaired) electrons. The van der Waals surface area contributed by atoms with Crippen LogP contribution in [0.25, 0.3) is 17.3 Å². The molecule has 104 valence electrons. The number of nitrogen functional groups attached to an aromatic ring is 1. The van der Waals surface area contributed by atoms with Gasteiger partial charge in [0, 0.05) is 23.1 Å². The second kappa shape index (κ2) is 6.72. The van der Waals surface area contributed by atoms with Crippen LogP contribution in [-0.2, 0) is 4.79 Å². The molecule has 0 fully saturated rings. The number of carbonyl (C=O) groups excluding carboxylic acids is 1. The number of hydrogen-bond donors (Lipinski definition) is 1. The molecule has 1 aromatic heterocycles. The molecule has 0 spiro atoms. The van der Waals surface area contributed by atoms with Crippen molar-refractivity contribution in [3.8, 4) is 11.3 Å². The minimum atomic E-state index is 0.140. The summed E-state index contributed by atoms with van der Waals surface area (Å²) < 4.78 is 0. The van der Waals surface area contributed by atoms with Crippen molar-refractivity contribution in [3.05, 3.63) is 40.8 Å². The summed E-state index contributed by atoms with van der Waals surface area (Å²) in [6.07, 6.45) is 4.01. The molecule has 0 aliphatic carbocycles. The molecule has 3 nitrogen and oxygen atoms in total. The zero-order chi connectivity index (χ0) is 14.5. The third kappa shape index (κ3) is 3.95. The van der Waals surface area contributed by atoms with E-state index in [1.54, 1.807) is 6.92 Å². The molecular weight excluding hydrogens is 288 g/mol. The van der Waals surface area contributed by atoms with E-state index in [1.165, 1.54) is 23.1 Å². The molecule has 5 heteroatoms. The lowest BCUT2D eigenvalue weighted by Crippen LogP contribution is -1.84. The molecule has 0 aliphatic rings. The molecule has 2 N–H and O–H groups in total. The van der Waals surface area contributed by atoms with Crippen LogP contribution in [-0.4, -0.2) is 15.9 Å². The van der Waals surface area contributed by atoms with Gasteiger partial charge in [0.15, 0.2) is 10.2 Å². The van der Waals surface area contributed by atoms with Crippen LogP contribution in [0.1, 0.15) is 17.4 Å². The van der Waals surface area contributed by atoms with E-state index in [4.69, 9.17) is 5.73 Å². The zero-order valence-corrected chi connectivity index (χ0v) is 13.1. The molecule has 20 heavy (non-hydrogen) atoms. The number of nitrogens with two attached hydrogens (primary N) is 1. The summed E-state index contributed by atoms with van der Waals surface area (Å²) in [6, 6.07) is 8.16. The highest BCUT2D eigenvalue weighted by molar-refractivity contribution is 8.13. The molecule has 0 atom stereocenters. The second-order valence-electron chi connectivity index (χ2n) is 4.28. The minimum Gasteiger partial charge on any atom is -0.375 e. The van der Waals surface area contributed by atoms with Crippen molar-refractivity contribution in [1.29, 1.82) is 0 Å². The number of anilines is 1. The largest absolute Gasteiger partial charge is 0.375 e. The lowest BCUT2D eigenvalue weighted by molar-refractivity contribution is -0.109. The Balaban J connectivity index is 2.06. The maximum absolute atomic E-state index is 10.8. The van der Waals surface area contributed by atoms with Crippen LogP contribution in [0.5, 0.6) is 0 Å². The Morgan fingerprint density at radius 3 is 2.65 bits per heavy atom. The fourth-order valence-electron chi connectivity index (χ4n) is 1.79. The molecule has 0 saturated heterocycles. The van der Waals surface area contributed by atoms with Crippen LogP contribution < -0.4 is 5.73 Å². The smallest absolute Gasteiger partial charge is 0.186 e. The first-order valence-corrected chi connectivity index (χ1v) is 7.99. The molecule has 1 heterocycles. The SMILES string of the molecule is CC(=O)SCC=Cc1ccc(-c2nc(N)sc2C)cc1. The molecule has 0 amide bonds. The summed E-state index contributed by atoms with van der Waals surface area (Å²) in [5.41, 5.74) is 8.86. The van der Waals surface area contributed by atoms with Gasteiger partial charge in [-0.3, -0.25) is 4.79 Å². The number of aryl methyl sites for hydroxylation is 1. The normalized spacial score (nSPS) is 11.1.